The molecule has 4 rings (SSSR count). The van der Waals surface area contributed by atoms with Gasteiger partial charge in [-0.1, -0.05) is 12.1 Å². The van der Waals surface area contributed by atoms with Crippen molar-refractivity contribution in [2.24, 2.45) is 0 Å². The fourth-order valence-corrected chi connectivity index (χ4v) is 4.83. The Morgan fingerprint density at radius 2 is 2.19 bits per heavy atom. The van der Waals surface area contributed by atoms with Gasteiger partial charge in [0.2, 0.25) is 0 Å². The number of hydrogen-bond acceptors (Lipinski definition) is 8. The number of para-hydroxylation sites is 1. The number of benzene rings is 1. The molecule has 164 valence electrons. The van der Waals surface area contributed by atoms with Gasteiger partial charge >= 0.3 is 5.97 Å². The molecule has 0 saturated heterocycles. The maximum Gasteiger partial charge on any atom is 0.348 e. The average molecular weight is 445 g/mol. The van der Waals surface area contributed by atoms with Crippen LogP contribution < -0.4 is 10.1 Å². The maximum atomic E-state index is 14.2. The summed E-state index contributed by atoms with van der Waals surface area (Å²) in [5.74, 6) is 0.818. The Kier molecular flexibility index (Phi) is 6.06. The standard InChI is InChI=1S/C22H25FN4O3S/c1-5-29-22(28)19-12(2)17-20(25-16(11-27(3)4)26-21(17)31-19)24-15-9-10-30-18-13(15)7-6-8-14(18)23/h6-8,15H,5,9-11H2,1-4H3,(H,24,25,26)/t15-/m0/s1. The van der Waals surface area contributed by atoms with E-state index in [0.29, 0.717) is 42.7 Å². The van der Waals surface area contributed by atoms with Crippen molar-refractivity contribution >= 4 is 33.3 Å². The van der Waals surface area contributed by atoms with E-state index < -0.39 is 0 Å². The van der Waals surface area contributed by atoms with Crippen LogP contribution in [0, 0.1) is 12.7 Å². The summed E-state index contributed by atoms with van der Waals surface area (Å²) in [6.07, 6.45) is 0.666. The zero-order valence-corrected chi connectivity index (χ0v) is 18.8. The van der Waals surface area contributed by atoms with E-state index in [0.717, 1.165) is 21.3 Å². The second-order valence-electron chi connectivity index (χ2n) is 7.68. The molecule has 31 heavy (non-hydrogen) atoms. The molecule has 2 aromatic heterocycles. The SMILES string of the molecule is CCOC(=O)c1sc2nc(CN(C)C)nc(N[C@H]3CCOc4c(F)cccc43)c2c1C. The number of ether oxygens (including phenoxy) is 2. The lowest BCUT2D eigenvalue weighted by Crippen LogP contribution is -2.22. The highest BCUT2D eigenvalue weighted by molar-refractivity contribution is 7.20. The van der Waals surface area contributed by atoms with Gasteiger partial charge in [-0.25, -0.2) is 19.2 Å². The van der Waals surface area contributed by atoms with Gasteiger partial charge in [0.15, 0.2) is 11.6 Å². The number of nitrogens with one attached hydrogen (secondary N) is 1. The van der Waals surface area contributed by atoms with Crippen LogP contribution in [0.3, 0.4) is 0 Å². The first kappa shape index (κ1) is 21.5. The number of rotatable bonds is 6. The molecule has 1 aliphatic rings. The fourth-order valence-electron chi connectivity index (χ4n) is 3.73. The predicted molar refractivity (Wildman–Crippen MR) is 118 cm³/mol. The lowest BCUT2D eigenvalue weighted by atomic mass is 10.00. The maximum absolute atomic E-state index is 14.2. The molecule has 3 heterocycles. The summed E-state index contributed by atoms with van der Waals surface area (Å²) >= 11 is 1.31. The molecule has 1 N–H and O–H groups in total. The summed E-state index contributed by atoms with van der Waals surface area (Å²) < 4.78 is 25.0. The van der Waals surface area contributed by atoms with E-state index in [1.165, 1.54) is 17.4 Å². The molecule has 0 spiro atoms. The van der Waals surface area contributed by atoms with Crippen molar-refractivity contribution in [1.82, 2.24) is 14.9 Å². The van der Waals surface area contributed by atoms with Gasteiger partial charge in [0, 0.05) is 12.0 Å². The van der Waals surface area contributed by atoms with Crippen molar-refractivity contribution in [3.05, 3.63) is 45.8 Å². The van der Waals surface area contributed by atoms with Crippen LogP contribution in [0.4, 0.5) is 10.2 Å². The Labute approximate surface area is 184 Å². The van der Waals surface area contributed by atoms with E-state index in [9.17, 15) is 9.18 Å². The van der Waals surface area contributed by atoms with Crippen molar-refractivity contribution in [3.8, 4) is 5.75 Å². The highest BCUT2D eigenvalue weighted by atomic mass is 32.1. The van der Waals surface area contributed by atoms with Gasteiger partial charge in [-0.15, -0.1) is 11.3 Å². The lowest BCUT2D eigenvalue weighted by Gasteiger charge is -2.27. The van der Waals surface area contributed by atoms with Crippen molar-refractivity contribution in [3.63, 3.8) is 0 Å². The molecule has 0 fully saturated rings. The molecule has 7 nitrogen and oxygen atoms in total. The summed E-state index contributed by atoms with van der Waals surface area (Å²) in [4.78, 5) is 25.1. The second-order valence-corrected chi connectivity index (χ2v) is 8.67. The summed E-state index contributed by atoms with van der Waals surface area (Å²) in [6, 6.07) is 4.77. The van der Waals surface area contributed by atoms with E-state index in [1.807, 2.05) is 32.0 Å². The van der Waals surface area contributed by atoms with Crippen LogP contribution in [-0.2, 0) is 11.3 Å². The molecule has 0 saturated carbocycles. The van der Waals surface area contributed by atoms with Gasteiger partial charge in [-0.05, 0) is 39.6 Å². The monoisotopic (exact) mass is 444 g/mol. The topological polar surface area (TPSA) is 76.6 Å². The van der Waals surface area contributed by atoms with Crippen LogP contribution in [0.25, 0.3) is 10.2 Å². The number of carbonyl (C=O) groups excluding carboxylic acids is 1. The summed E-state index contributed by atoms with van der Waals surface area (Å²) in [6.45, 7) is 4.92. The molecule has 0 aliphatic carbocycles. The summed E-state index contributed by atoms with van der Waals surface area (Å²) in [5, 5.41) is 4.28. The number of esters is 1. The molecule has 1 atom stereocenters. The third-order valence-electron chi connectivity index (χ3n) is 5.09. The minimum Gasteiger partial charge on any atom is -0.490 e. The van der Waals surface area contributed by atoms with Crippen LogP contribution in [-0.4, -0.2) is 48.1 Å². The highest BCUT2D eigenvalue weighted by Gasteiger charge is 2.27. The van der Waals surface area contributed by atoms with Gasteiger partial charge < -0.3 is 19.7 Å². The molecule has 0 unspecified atom stereocenters. The van der Waals surface area contributed by atoms with Crippen LogP contribution in [0.15, 0.2) is 18.2 Å². The number of anilines is 1. The first-order valence-corrected chi connectivity index (χ1v) is 11.0. The highest BCUT2D eigenvalue weighted by Crippen LogP contribution is 2.39. The minimum atomic E-state index is -0.374. The number of fused-ring (bicyclic) bond motifs is 2. The molecule has 0 radical (unpaired) electrons. The zero-order chi connectivity index (χ0) is 22.1. The van der Waals surface area contributed by atoms with E-state index >= 15 is 0 Å². The number of aromatic nitrogens is 2. The Bertz CT molecular complexity index is 1130. The Hall–Kier alpha value is -2.78. The Balaban J connectivity index is 1.81. The lowest BCUT2D eigenvalue weighted by molar-refractivity contribution is 0.0531. The van der Waals surface area contributed by atoms with E-state index in [-0.39, 0.29) is 23.6 Å². The fraction of sp³-hybridized carbons (Fsp3) is 0.409. The first-order valence-electron chi connectivity index (χ1n) is 10.2. The van der Waals surface area contributed by atoms with Crippen molar-refractivity contribution in [1.29, 1.82) is 0 Å². The number of halogens is 1. The predicted octanol–water partition coefficient (Wildman–Crippen LogP) is 4.31. The zero-order valence-electron chi connectivity index (χ0n) is 18.0. The smallest absolute Gasteiger partial charge is 0.348 e. The Morgan fingerprint density at radius 1 is 1.39 bits per heavy atom. The van der Waals surface area contributed by atoms with Gasteiger partial charge in [-0.2, -0.15) is 0 Å². The minimum absolute atomic E-state index is 0.171. The molecular formula is C22H25FN4O3S. The number of thiophene rings is 1. The molecular weight excluding hydrogens is 419 g/mol. The van der Waals surface area contributed by atoms with Gasteiger partial charge in [-0.3, -0.25) is 0 Å². The molecule has 0 amide bonds. The van der Waals surface area contributed by atoms with Gasteiger partial charge in [0.05, 0.1) is 31.2 Å². The number of carbonyl (C=O) groups is 1. The van der Waals surface area contributed by atoms with Gasteiger partial charge in [0.25, 0.3) is 0 Å². The number of hydrogen-bond donors (Lipinski definition) is 1. The quantitative estimate of drug-likeness (QED) is 0.568. The normalized spacial score (nSPS) is 15.6. The van der Waals surface area contributed by atoms with Crippen molar-refractivity contribution in [2.45, 2.75) is 32.9 Å². The third kappa shape index (κ3) is 4.20. The molecule has 0 bridgehead atoms. The number of nitrogens with zero attached hydrogens (tertiary/aromatic N) is 3. The van der Waals surface area contributed by atoms with E-state index in [2.05, 4.69) is 10.3 Å². The molecule has 1 aromatic carbocycles. The van der Waals surface area contributed by atoms with Crippen molar-refractivity contribution in [2.75, 3.05) is 32.6 Å². The summed E-state index contributed by atoms with van der Waals surface area (Å²) in [7, 11) is 3.89. The molecule has 1 aliphatic heterocycles. The van der Waals surface area contributed by atoms with Crippen LogP contribution >= 0.6 is 11.3 Å². The second kappa shape index (κ2) is 8.76. The summed E-state index contributed by atoms with van der Waals surface area (Å²) in [5.41, 5.74) is 1.54. The van der Waals surface area contributed by atoms with E-state index in [4.69, 9.17) is 14.5 Å². The average Bonchev–Trinajstić information content (AvgIpc) is 3.05. The molecule has 3 aromatic rings. The third-order valence-corrected chi connectivity index (χ3v) is 6.26. The van der Waals surface area contributed by atoms with Crippen molar-refractivity contribution < 1.29 is 18.7 Å². The van der Waals surface area contributed by atoms with Crippen LogP contribution in [0.5, 0.6) is 5.75 Å². The van der Waals surface area contributed by atoms with E-state index in [1.54, 1.807) is 13.0 Å². The molecule has 9 heteroatoms. The Morgan fingerprint density at radius 3 is 2.94 bits per heavy atom. The number of aryl methyl sites for hydroxylation is 1. The first-order chi connectivity index (χ1) is 14.9. The largest absolute Gasteiger partial charge is 0.490 e. The van der Waals surface area contributed by atoms with Gasteiger partial charge in [0.1, 0.15) is 21.3 Å². The van der Waals surface area contributed by atoms with Crippen LogP contribution in [0.2, 0.25) is 0 Å². The van der Waals surface area contributed by atoms with Crippen LogP contribution in [0.1, 0.15) is 46.0 Å².